The molecule has 4 rings (SSSR count). The van der Waals surface area contributed by atoms with Gasteiger partial charge in [0, 0.05) is 11.5 Å². The van der Waals surface area contributed by atoms with Gasteiger partial charge in [-0.1, -0.05) is 0 Å². The molecular formula is C14H12O4. The van der Waals surface area contributed by atoms with Gasteiger partial charge in [0.1, 0.15) is 29.1 Å². The fourth-order valence-electron chi connectivity index (χ4n) is 2.70. The molecule has 1 aromatic heterocycles. The summed E-state index contributed by atoms with van der Waals surface area (Å²) in [5.41, 5.74) is 0.774. The third kappa shape index (κ3) is 1.21. The molecule has 0 saturated carbocycles. The quantitative estimate of drug-likeness (QED) is 0.527. The average molecular weight is 244 g/mol. The van der Waals surface area contributed by atoms with E-state index in [1.807, 2.05) is 26.0 Å². The lowest BCUT2D eigenvalue weighted by Crippen LogP contribution is -2.37. The van der Waals surface area contributed by atoms with Crippen LogP contribution in [0, 0.1) is 0 Å². The van der Waals surface area contributed by atoms with Gasteiger partial charge in [-0.05, 0) is 32.0 Å². The van der Waals surface area contributed by atoms with Gasteiger partial charge in [0.25, 0.3) is 0 Å². The van der Waals surface area contributed by atoms with Crippen molar-refractivity contribution in [2.45, 2.75) is 31.7 Å². The summed E-state index contributed by atoms with van der Waals surface area (Å²) >= 11 is 0. The van der Waals surface area contributed by atoms with E-state index in [0.717, 1.165) is 16.7 Å². The van der Waals surface area contributed by atoms with E-state index in [0.29, 0.717) is 5.58 Å². The molecule has 0 bridgehead atoms. The van der Waals surface area contributed by atoms with Gasteiger partial charge in [-0.25, -0.2) is 4.79 Å². The number of fused-ring (bicyclic) bond motifs is 5. The summed E-state index contributed by atoms with van der Waals surface area (Å²) in [5, 5.41) is 0.894. The second-order valence-corrected chi connectivity index (χ2v) is 5.33. The average Bonchev–Trinajstić information content (AvgIpc) is 3.08. The summed E-state index contributed by atoms with van der Waals surface area (Å²) in [6.45, 7) is 4.01. The van der Waals surface area contributed by atoms with E-state index in [2.05, 4.69) is 0 Å². The third-order valence-electron chi connectivity index (χ3n) is 3.62. The van der Waals surface area contributed by atoms with E-state index in [-0.39, 0.29) is 23.4 Å². The largest absolute Gasteiger partial charge is 0.484 e. The first-order valence-corrected chi connectivity index (χ1v) is 5.97. The Kier molecular flexibility index (Phi) is 1.66. The minimum atomic E-state index is -0.349. The van der Waals surface area contributed by atoms with Crippen LogP contribution in [0.1, 0.15) is 25.5 Å². The van der Waals surface area contributed by atoms with Crippen LogP contribution in [0.4, 0.5) is 0 Å². The van der Waals surface area contributed by atoms with Gasteiger partial charge in [0.05, 0.1) is 5.56 Å². The molecule has 0 N–H and O–H groups in total. The fraction of sp³-hybridized carbons (Fsp3) is 0.357. The highest BCUT2D eigenvalue weighted by Gasteiger charge is 2.57. The highest BCUT2D eigenvalue weighted by molar-refractivity contribution is 5.83. The van der Waals surface area contributed by atoms with Crippen molar-refractivity contribution in [3.05, 3.63) is 40.2 Å². The van der Waals surface area contributed by atoms with Crippen molar-refractivity contribution < 1.29 is 13.9 Å². The first kappa shape index (κ1) is 10.1. The summed E-state index contributed by atoms with van der Waals surface area (Å²) < 4.78 is 16.9. The number of epoxide rings is 1. The number of hydrogen-bond donors (Lipinski definition) is 0. The number of benzene rings is 1. The van der Waals surface area contributed by atoms with E-state index < -0.39 is 0 Å². The van der Waals surface area contributed by atoms with Crippen LogP contribution < -0.4 is 10.4 Å². The minimum Gasteiger partial charge on any atom is -0.484 e. The highest BCUT2D eigenvalue weighted by atomic mass is 16.6. The molecule has 2 atom stereocenters. The molecule has 3 heterocycles. The Morgan fingerprint density at radius 3 is 2.78 bits per heavy atom. The van der Waals surface area contributed by atoms with E-state index in [9.17, 15) is 4.79 Å². The molecule has 0 aliphatic carbocycles. The summed E-state index contributed by atoms with van der Waals surface area (Å²) in [6.07, 6.45) is 0.0270. The summed E-state index contributed by atoms with van der Waals surface area (Å²) in [7, 11) is 0. The molecule has 1 aromatic carbocycles. The molecule has 0 unspecified atom stereocenters. The smallest absolute Gasteiger partial charge is 0.336 e. The van der Waals surface area contributed by atoms with Crippen molar-refractivity contribution in [1.82, 2.24) is 0 Å². The normalized spacial score (nSPS) is 27.2. The first-order chi connectivity index (χ1) is 8.56. The second-order valence-electron chi connectivity index (χ2n) is 5.33. The predicted molar refractivity (Wildman–Crippen MR) is 64.8 cm³/mol. The molecular weight excluding hydrogens is 232 g/mol. The van der Waals surface area contributed by atoms with Crippen molar-refractivity contribution in [3.8, 4) is 5.75 Å². The number of rotatable bonds is 0. The van der Waals surface area contributed by atoms with E-state index >= 15 is 0 Å². The van der Waals surface area contributed by atoms with Crippen molar-refractivity contribution in [2.75, 3.05) is 0 Å². The summed E-state index contributed by atoms with van der Waals surface area (Å²) in [4.78, 5) is 11.4. The highest BCUT2D eigenvalue weighted by Crippen LogP contribution is 2.55. The van der Waals surface area contributed by atoms with Gasteiger partial charge in [0.15, 0.2) is 0 Å². The van der Waals surface area contributed by atoms with Gasteiger partial charge in [-0.3, -0.25) is 0 Å². The standard InChI is InChI=1S/C14H12O4/c1-14(2)13-12(17-13)10-8(18-14)5-3-7-4-6-9(15)16-11(7)10/h3-6,12-13H,1-2H3/t12-,13-/m0/s1. The lowest BCUT2D eigenvalue weighted by atomic mass is 9.93. The van der Waals surface area contributed by atoms with Gasteiger partial charge < -0.3 is 13.9 Å². The van der Waals surface area contributed by atoms with Gasteiger partial charge in [0.2, 0.25) is 0 Å². The maximum Gasteiger partial charge on any atom is 0.336 e. The Hall–Kier alpha value is -1.81. The lowest BCUT2D eigenvalue weighted by Gasteiger charge is -2.29. The first-order valence-electron chi connectivity index (χ1n) is 5.97. The minimum absolute atomic E-state index is 0.0157. The van der Waals surface area contributed by atoms with Gasteiger partial charge >= 0.3 is 5.63 Å². The third-order valence-corrected chi connectivity index (χ3v) is 3.62. The Bertz CT molecular complexity index is 713. The topological polar surface area (TPSA) is 52.0 Å². The van der Waals surface area contributed by atoms with Crippen molar-refractivity contribution >= 4 is 11.0 Å². The molecule has 0 spiro atoms. The van der Waals surface area contributed by atoms with Crippen LogP contribution in [-0.2, 0) is 4.74 Å². The van der Waals surface area contributed by atoms with E-state index in [1.54, 1.807) is 6.07 Å². The number of ether oxygens (including phenoxy) is 2. The van der Waals surface area contributed by atoms with Crippen molar-refractivity contribution in [1.29, 1.82) is 0 Å². The zero-order chi connectivity index (χ0) is 12.5. The van der Waals surface area contributed by atoms with Crippen LogP contribution in [0.3, 0.4) is 0 Å². The molecule has 1 fully saturated rings. The molecule has 4 heteroatoms. The van der Waals surface area contributed by atoms with Crippen LogP contribution in [0.15, 0.2) is 33.5 Å². The number of hydrogen-bond acceptors (Lipinski definition) is 4. The summed E-state index contributed by atoms with van der Waals surface area (Å²) in [5.74, 6) is 0.751. The molecule has 18 heavy (non-hydrogen) atoms. The fourth-order valence-corrected chi connectivity index (χ4v) is 2.70. The van der Waals surface area contributed by atoms with Crippen LogP contribution in [-0.4, -0.2) is 11.7 Å². The van der Waals surface area contributed by atoms with Crippen LogP contribution in [0.5, 0.6) is 5.75 Å². The van der Waals surface area contributed by atoms with Crippen LogP contribution in [0.25, 0.3) is 11.0 Å². The molecule has 1 saturated heterocycles. The Morgan fingerprint density at radius 2 is 1.94 bits per heavy atom. The zero-order valence-electron chi connectivity index (χ0n) is 10.1. The molecule has 92 valence electrons. The summed E-state index contributed by atoms with van der Waals surface area (Å²) in [6, 6.07) is 7.00. The SMILES string of the molecule is CC1(C)Oc2ccc3ccc(=O)oc3c2[C@@H]2O[C@@H]21. The van der Waals surface area contributed by atoms with E-state index in [4.69, 9.17) is 13.9 Å². The second kappa shape index (κ2) is 2.95. The molecule has 4 nitrogen and oxygen atoms in total. The predicted octanol–water partition coefficient (Wildman–Crippen LogP) is 2.40. The lowest BCUT2D eigenvalue weighted by molar-refractivity contribution is 0.0726. The zero-order valence-corrected chi connectivity index (χ0v) is 10.1. The van der Waals surface area contributed by atoms with Crippen molar-refractivity contribution in [3.63, 3.8) is 0 Å². The monoisotopic (exact) mass is 244 g/mol. The van der Waals surface area contributed by atoms with Crippen molar-refractivity contribution in [2.24, 2.45) is 0 Å². The molecule has 0 amide bonds. The molecule has 2 aliphatic rings. The molecule has 2 aromatic rings. The Labute approximate surface area is 103 Å². The Morgan fingerprint density at radius 1 is 1.17 bits per heavy atom. The maximum absolute atomic E-state index is 11.4. The maximum atomic E-state index is 11.4. The van der Waals surface area contributed by atoms with E-state index in [1.165, 1.54) is 6.07 Å². The van der Waals surface area contributed by atoms with Gasteiger partial charge in [-0.2, -0.15) is 0 Å². The van der Waals surface area contributed by atoms with Crippen LogP contribution >= 0.6 is 0 Å². The molecule has 0 radical (unpaired) electrons. The van der Waals surface area contributed by atoms with Gasteiger partial charge in [-0.15, -0.1) is 0 Å². The van der Waals surface area contributed by atoms with Crippen LogP contribution in [0.2, 0.25) is 0 Å². The molecule has 2 aliphatic heterocycles. The Balaban J connectivity index is 2.04.